The van der Waals surface area contributed by atoms with E-state index in [2.05, 4.69) is 29.2 Å². The van der Waals surface area contributed by atoms with E-state index < -0.39 is 0 Å². The Labute approximate surface area is 141 Å². The Morgan fingerprint density at radius 2 is 1.50 bits per heavy atom. The molecule has 122 valence electrons. The Bertz CT molecular complexity index is 765. The molecule has 0 saturated carbocycles. The minimum absolute atomic E-state index is 0.158. The van der Waals surface area contributed by atoms with Crippen molar-refractivity contribution in [2.45, 2.75) is 19.3 Å². The zero-order chi connectivity index (χ0) is 16.5. The third-order valence-electron chi connectivity index (χ3n) is 4.89. The molecule has 0 fully saturated rings. The van der Waals surface area contributed by atoms with Gasteiger partial charge in [0.2, 0.25) is 0 Å². The van der Waals surface area contributed by atoms with Crippen molar-refractivity contribution in [1.82, 2.24) is 4.90 Å². The molecular formula is C20H20N2O2. The number of benzene rings is 2. The first kappa shape index (κ1) is 14.9. The SMILES string of the molecule is O=C1c2ccccc2C(=O)N1CCCN1CCCc2ccccc21. The lowest BCUT2D eigenvalue weighted by Gasteiger charge is -2.31. The summed E-state index contributed by atoms with van der Waals surface area (Å²) >= 11 is 0. The Morgan fingerprint density at radius 1 is 0.833 bits per heavy atom. The fourth-order valence-electron chi connectivity index (χ4n) is 3.71. The third kappa shape index (κ3) is 2.48. The number of rotatable bonds is 4. The van der Waals surface area contributed by atoms with E-state index in [9.17, 15) is 9.59 Å². The minimum Gasteiger partial charge on any atom is -0.371 e. The number of hydrogen-bond acceptors (Lipinski definition) is 3. The summed E-state index contributed by atoms with van der Waals surface area (Å²) in [7, 11) is 0. The van der Waals surface area contributed by atoms with Crippen LogP contribution in [0.4, 0.5) is 5.69 Å². The van der Waals surface area contributed by atoms with Crippen LogP contribution in [-0.4, -0.2) is 36.3 Å². The molecule has 0 N–H and O–H groups in total. The molecule has 4 nitrogen and oxygen atoms in total. The van der Waals surface area contributed by atoms with Gasteiger partial charge < -0.3 is 4.90 Å². The normalized spacial score (nSPS) is 16.3. The summed E-state index contributed by atoms with van der Waals surface area (Å²) in [5.74, 6) is -0.315. The van der Waals surface area contributed by atoms with Gasteiger partial charge in [-0.1, -0.05) is 30.3 Å². The molecule has 2 amide bonds. The molecule has 0 bridgehead atoms. The van der Waals surface area contributed by atoms with Crippen molar-refractivity contribution in [1.29, 1.82) is 0 Å². The number of anilines is 1. The number of fused-ring (bicyclic) bond motifs is 2. The number of hydrogen-bond donors (Lipinski definition) is 0. The first-order valence-corrected chi connectivity index (χ1v) is 8.54. The van der Waals surface area contributed by atoms with Crippen LogP contribution in [0.5, 0.6) is 0 Å². The number of carbonyl (C=O) groups is 2. The maximum atomic E-state index is 12.4. The summed E-state index contributed by atoms with van der Waals surface area (Å²) in [5.41, 5.74) is 3.76. The van der Waals surface area contributed by atoms with E-state index in [0.717, 1.165) is 32.4 Å². The number of amides is 2. The molecule has 0 radical (unpaired) electrons. The van der Waals surface area contributed by atoms with Gasteiger partial charge in [-0.3, -0.25) is 14.5 Å². The molecule has 2 aliphatic heterocycles. The standard InChI is InChI=1S/C20H20N2O2/c23-19-16-9-2-3-10-17(16)20(24)22(19)14-6-13-21-12-5-8-15-7-1-4-11-18(15)21/h1-4,7,9-11H,5-6,8,12-14H2. The van der Waals surface area contributed by atoms with Gasteiger partial charge in [-0.05, 0) is 43.0 Å². The van der Waals surface area contributed by atoms with Gasteiger partial charge in [-0.15, -0.1) is 0 Å². The number of nitrogens with zero attached hydrogens (tertiary/aromatic N) is 2. The fourth-order valence-corrected chi connectivity index (χ4v) is 3.71. The Kier molecular flexibility index (Phi) is 3.81. The molecule has 4 heteroatoms. The maximum absolute atomic E-state index is 12.4. The molecular weight excluding hydrogens is 300 g/mol. The van der Waals surface area contributed by atoms with Crippen LogP contribution in [0.1, 0.15) is 39.1 Å². The van der Waals surface area contributed by atoms with Gasteiger partial charge in [0, 0.05) is 25.3 Å². The van der Waals surface area contributed by atoms with Gasteiger partial charge in [-0.2, -0.15) is 0 Å². The largest absolute Gasteiger partial charge is 0.371 e. The lowest BCUT2D eigenvalue weighted by Crippen LogP contribution is -2.35. The molecule has 0 spiro atoms. The second-order valence-corrected chi connectivity index (χ2v) is 6.38. The molecule has 2 aromatic rings. The highest BCUT2D eigenvalue weighted by Crippen LogP contribution is 2.27. The predicted molar refractivity (Wildman–Crippen MR) is 93.4 cm³/mol. The maximum Gasteiger partial charge on any atom is 0.261 e. The van der Waals surface area contributed by atoms with E-state index in [0.29, 0.717) is 17.7 Å². The highest BCUT2D eigenvalue weighted by Gasteiger charge is 2.34. The first-order valence-electron chi connectivity index (χ1n) is 8.54. The number of para-hydroxylation sites is 1. The third-order valence-corrected chi connectivity index (χ3v) is 4.89. The van der Waals surface area contributed by atoms with Crippen molar-refractivity contribution >= 4 is 17.5 Å². The van der Waals surface area contributed by atoms with Gasteiger partial charge in [0.1, 0.15) is 0 Å². The van der Waals surface area contributed by atoms with Gasteiger partial charge in [-0.25, -0.2) is 0 Å². The number of carbonyl (C=O) groups excluding carboxylic acids is 2. The quantitative estimate of drug-likeness (QED) is 0.813. The van der Waals surface area contributed by atoms with Crippen LogP contribution >= 0.6 is 0 Å². The molecule has 0 unspecified atom stereocenters. The van der Waals surface area contributed by atoms with Crippen LogP contribution in [0.15, 0.2) is 48.5 Å². The second-order valence-electron chi connectivity index (χ2n) is 6.38. The molecule has 2 aromatic carbocycles. The van der Waals surface area contributed by atoms with E-state index in [4.69, 9.17) is 0 Å². The highest BCUT2D eigenvalue weighted by atomic mass is 16.2. The summed E-state index contributed by atoms with van der Waals surface area (Å²) in [6, 6.07) is 15.6. The van der Waals surface area contributed by atoms with Crippen molar-refractivity contribution in [3.8, 4) is 0 Å². The molecule has 2 heterocycles. The lowest BCUT2D eigenvalue weighted by atomic mass is 10.0. The molecule has 2 aliphatic rings. The fraction of sp³-hybridized carbons (Fsp3) is 0.300. The number of aryl methyl sites for hydroxylation is 1. The van der Waals surface area contributed by atoms with Gasteiger partial charge in [0.15, 0.2) is 0 Å². The van der Waals surface area contributed by atoms with E-state index >= 15 is 0 Å². The smallest absolute Gasteiger partial charge is 0.261 e. The zero-order valence-electron chi connectivity index (χ0n) is 13.6. The summed E-state index contributed by atoms with van der Waals surface area (Å²) < 4.78 is 0. The highest BCUT2D eigenvalue weighted by molar-refractivity contribution is 6.21. The van der Waals surface area contributed by atoms with E-state index in [-0.39, 0.29) is 11.8 Å². The minimum atomic E-state index is -0.158. The monoisotopic (exact) mass is 320 g/mol. The van der Waals surface area contributed by atoms with Gasteiger partial charge >= 0.3 is 0 Å². The summed E-state index contributed by atoms with van der Waals surface area (Å²) in [6.07, 6.45) is 3.08. The Morgan fingerprint density at radius 3 is 2.25 bits per heavy atom. The zero-order valence-corrected chi connectivity index (χ0v) is 13.6. The van der Waals surface area contributed by atoms with Crippen LogP contribution in [0, 0.1) is 0 Å². The van der Waals surface area contributed by atoms with Crippen molar-refractivity contribution in [2.75, 3.05) is 24.5 Å². The second kappa shape index (κ2) is 6.11. The molecule has 24 heavy (non-hydrogen) atoms. The van der Waals surface area contributed by atoms with Crippen molar-refractivity contribution in [3.05, 3.63) is 65.2 Å². The van der Waals surface area contributed by atoms with E-state index in [1.54, 1.807) is 24.3 Å². The summed E-state index contributed by atoms with van der Waals surface area (Å²) in [6.45, 7) is 2.38. The van der Waals surface area contributed by atoms with Crippen molar-refractivity contribution in [2.24, 2.45) is 0 Å². The van der Waals surface area contributed by atoms with Crippen LogP contribution in [-0.2, 0) is 6.42 Å². The average molecular weight is 320 g/mol. The van der Waals surface area contributed by atoms with Crippen molar-refractivity contribution in [3.63, 3.8) is 0 Å². The first-order chi connectivity index (χ1) is 11.8. The molecule has 0 aromatic heterocycles. The summed E-state index contributed by atoms with van der Waals surface area (Å²) in [4.78, 5) is 28.5. The average Bonchev–Trinajstić information content (AvgIpc) is 2.87. The lowest BCUT2D eigenvalue weighted by molar-refractivity contribution is 0.0653. The van der Waals surface area contributed by atoms with E-state index in [1.165, 1.54) is 16.2 Å². The molecule has 4 rings (SSSR count). The van der Waals surface area contributed by atoms with E-state index in [1.807, 2.05) is 0 Å². The molecule has 0 aliphatic carbocycles. The topological polar surface area (TPSA) is 40.6 Å². The van der Waals surface area contributed by atoms with Crippen LogP contribution in [0.3, 0.4) is 0 Å². The summed E-state index contributed by atoms with van der Waals surface area (Å²) in [5, 5.41) is 0. The van der Waals surface area contributed by atoms with Crippen molar-refractivity contribution < 1.29 is 9.59 Å². The predicted octanol–water partition coefficient (Wildman–Crippen LogP) is 3.13. The molecule has 0 saturated heterocycles. The Hall–Kier alpha value is -2.62. The van der Waals surface area contributed by atoms with Crippen LogP contribution in [0.2, 0.25) is 0 Å². The van der Waals surface area contributed by atoms with Crippen LogP contribution in [0.25, 0.3) is 0 Å². The van der Waals surface area contributed by atoms with Gasteiger partial charge in [0.05, 0.1) is 11.1 Å². The Balaban J connectivity index is 1.41. The molecule has 0 atom stereocenters. The van der Waals surface area contributed by atoms with Gasteiger partial charge in [0.25, 0.3) is 11.8 Å². The number of imide groups is 1. The van der Waals surface area contributed by atoms with Crippen LogP contribution < -0.4 is 4.90 Å².